The summed E-state index contributed by atoms with van der Waals surface area (Å²) >= 11 is 1.73. The van der Waals surface area contributed by atoms with Gasteiger partial charge in [-0.2, -0.15) is 0 Å². The lowest BCUT2D eigenvalue weighted by atomic mass is 10.0. The van der Waals surface area contributed by atoms with Crippen LogP contribution in [0.5, 0.6) is 0 Å². The van der Waals surface area contributed by atoms with Crippen LogP contribution in [0.2, 0.25) is 0 Å². The van der Waals surface area contributed by atoms with Gasteiger partial charge in [-0.05, 0) is 30.4 Å². The average molecular weight is 194 g/mol. The van der Waals surface area contributed by atoms with E-state index in [-0.39, 0.29) is 5.92 Å². The van der Waals surface area contributed by atoms with Crippen LogP contribution in [0.25, 0.3) is 0 Å². The summed E-state index contributed by atoms with van der Waals surface area (Å²) in [6.07, 6.45) is 3.91. The molecule has 1 aromatic rings. The fourth-order valence-electron chi connectivity index (χ4n) is 1.18. The topological polar surface area (TPSA) is 17.1 Å². The second kappa shape index (κ2) is 5.07. The van der Waals surface area contributed by atoms with E-state index in [9.17, 15) is 4.79 Å². The molecule has 1 rings (SSSR count). The molecule has 1 nitrogen and oxygen atoms in total. The van der Waals surface area contributed by atoms with Crippen LogP contribution in [0, 0.1) is 5.92 Å². The third-order valence-corrected chi connectivity index (χ3v) is 2.69. The molecule has 0 heterocycles. The van der Waals surface area contributed by atoms with Gasteiger partial charge < -0.3 is 4.79 Å². The Kier molecular flexibility index (Phi) is 4.03. The summed E-state index contributed by atoms with van der Waals surface area (Å²) in [7, 11) is 0. The van der Waals surface area contributed by atoms with Crippen molar-refractivity contribution < 1.29 is 4.79 Å². The van der Waals surface area contributed by atoms with Gasteiger partial charge in [-0.15, -0.1) is 11.8 Å². The van der Waals surface area contributed by atoms with E-state index in [2.05, 4.69) is 30.5 Å². The van der Waals surface area contributed by atoms with Gasteiger partial charge in [0.1, 0.15) is 6.29 Å². The van der Waals surface area contributed by atoms with Crippen LogP contribution in [0.1, 0.15) is 12.5 Å². The Balaban J connectivity index is 2.63. The van der Waals surface area contributed by atoms with Gasteiger partial charge in [-0.25, -0.2) is 0 Å². The van der Waals surface area contributed by atoms with Crippen molar-refractivity contribution in [2.45, 2.75) is 18.2 Å². The molecule has 0 radical (unpaired) electrons. The Morgan fingerprint density at radius 2 is 2.00 bits per heavy atom. The molecule has 70 valence electrons. The molecular formula is C11H14OS. The van der Waals surface area contributed by atoms with Crippen molar-refractivity contribution in [3.8, 4) is 0 Å². The molecular weight excluding hydrogens is 180 g/mol. The molecule has 0 bridgehead atoms. The molecule has 0 fully saturated rings. The summed E-state index contributed by atoms with van der Waals surface area (Å²) in [5, 5.41) is 0. The quantitative estimate of drug-likeness (QED) is 0.541. The third kappa shape index (κ3) is 3.23. The monoisotopic (exact) mass is 194 g/mol. The van der Waals surface area contributed by atoms with E-state index in [0.717, 1.165) is 12.7 Å². The Hall–Kier alpha value is -0.760. The van der Waals surface area contributed by atoms with Crippen molar-refractivity contribution >= 4 is 18.0 Å². The van der Waals surface area contributed by atoms with Crippen LogP contribution in [0.15, 0.2) is 29.2 Å². The van der Waals surface area contributed by atoms with Crippen molar-refractivity contribution in [1.82, 2.24) is 0 Å². The SMILES string of the molecule is CSc1ccc(CC(C)C=O)cc1. The predicted molar refractivity (Wildman–Crippen MR) is 57.2 cm³/mol. The van der Waals surface area contributed by atoms with E-state index >= 15 is 0 Å². The molecule has 0 saturated heterocycles. The zero-order chi connectivity index (χ0) is 9.68. The summed E-state index contributed by atoms with van der Waals surface area (Å²) in [6.45, 7) is 1.94. The number of thioether (sulfide) groups is 1. The van der Waals surface area contributed by atoms with Crippen LogP contribution in [0.3, 0.4) is 0 Å². The van der Waals surface area contributed by atoms with Crippen molar-refractivity contribution in [3.63, 3.8) is 0 Å². The van der Waals surface area contributed by atoms with Gasteiger partial charge in [0.2, 0.25) is 0 Å². The molecule has 13 heavy (non-hydrogen) atoms. The minimum Gasteiger partial charge on any atom is -0.303 e. The molecule has 1 aromatic carbocycles. The zero-order valence-corrected chi connectivity index (χ0v) is 8.80. The van der Waals surface area contributed by atoms with Crippen LogP contribution >= 0.6 is 11.8 Å². The first-order valence-corrected chi connectivity index (χ1v) is 5.57. The highest BCUT2D eigenvalue weighted by molar-refractivity contribution is 7.98. The minimum absolute atomic E-state index is 0.125. The maximum atomic E-state index is 10.4. The summed E-state index contributed by atoms with van der Waals surface area (Å²) in [5.41, 5.74) is 1.23. The Labute approximate surface area is 83.5 Å². The van der Waals surface area contributed by atoms with E-state index in [1.54, 1.807) is 11.8 Å². The fraction of sp³-hybridized carbons (Fsp3) is 0.364. The maximum absolute atomic E-state index is 10.4. The summed E-state index contributed by atoms with van der Waals surface area (Å²) < 4.78 is 0. The summed E-state index contributed by atoms with van der Waals surface area (Å²) in [5.74, 6) is 0.125. The highest BCUT2D eigenvalue weighted by Gasteiger charge is 2.00. The van der Waals surface area contributed by atoms with Crippen molar-refractivity contribution in [2.75, 3.05) is 6.26 Å². The number of rotatable bonds is 4. The molecule has 0 amide bonds. The Morgan fingerprint density at radius 1 is 1.38 bits per heavy atom. The maximum Gasteiger partial charge on any atom is 0.123 e. The van der Waals surface area contributed by atoms with Crippen LogP contribution < -0.4 is 0 Å². The van der Waals surface area contributed by atoms with Crippen LogP contribution in [0.4, 0.5) is 0 Å². The van der Waals surface area contributed by atoms with Gasteiger partial charge in [0.05, 0.1) is 0 Å². The summed E-state index contributed by atoms with van der Waals surface area (Å²) in [4.78, 5) is 11.7. The number of carbonyl (C=O) groups excluding carboxylic acids is 1. The second-order valence-corrected chi connectivity index (χ2v) is 4.05. The summed E-state index contributed by atoms with van der Waals surface area (Å²) in [6, 6.07) is 8.37. The first kappa shape index (κ1) is 10.3. The van der Waals surface area contributed by atoms with E-state index in [0.29, 0.717) is 0 Å². The molecule has 1 atom stereocenters. The van der Waals surface area contributed by atoms with E-state index in [1.807, 2.05) is 6.92 Å². The van der Waals surface area contributed by atoms with Crippen molar-refractivity contribution in [2.24, 2.45) is 5.92 Å². The molecule has 0 aromatic heterocycles. The number of carbonyl (C=O) groups is 1. The number of hydrogen-bond acceptors (Lipinski definition) is 2. The standard InChI is InChI=1S/C11H14OS/c1-9(8-12)7-10-3-5-11(13-2)6-4-10/h3-6,8-9H,7H2,1-2H3. The van der Waals surface area contributed by atoms with Gasteiger partial charge in [0.25, 0.3) is 0 Å². The first-order chi connectivity index (χ1) is 6.26. The normalized spacial score (nSPS) is 12.5. The van der Waals surface area contributed by atoms with Gasteiger partial charge in [0.15, 0.2) is 0 Å². The second-order valence-electron chi connectivity index (χ2n) is 3.17. The molecule has 0 aliphatic rings. The molecule has 0 aliphatic carbocycles. The van der Waals surface area contributed by atoms with E-state index in [1.165, 1.54) is 10.5 Å². The lowest BCUT2D eigenvalue weighted by Crippen LogP contribution is -1.99. The minimum atomic E-state index is 0.125. The molecule has 0 spiro atoms. The first-order valence-electron chi connectivity index (χ1n) is 4.34. The van der Waals surface area contributed by atoms with E-state index in [4.69, 9.17) is 0 Å². The van der Waals surface area contributed by atoms with Crippen LogP contribution in [-0.4, -0.2) is 12.5 Å². The molecule has 1 unspecified atom stereocenters. The lowest BCUT2D eigenvalue weighted by Gasteiger charge is -2.04. The molecule has 0 saturated carbocycles. The zero-order valence-electron chi connectivity index (χ0n) is 7.99. The largest absolute Gasteiger partial charge is 0.303 e. The van der Waals surface area contributed by atoms with Gasteiger partial charge in [-0.1, -0.05) is 19.1 Å². The van der Waals surface area contributed by atoms with Crippen molar-refractivity contribution in [1.29, 1.82) is 0 Å². The lowest BCUT2D eigenvalue weighted by molar-refractivity contribution is -0.110. The molecule has 0 aliphatic heterocycles. The van der Waals surface area contributed by atoms with Crippen molar-refractivity contribution in [3.05, 3.63) is 29.8 Å². The number of hydrogen-bond donors (Lipinski definition) is 0. The van der Waals surface area contributed by atoms with Gasteiger partial charge in [0, 0.05) is 10.8 Å². The number of aldehydes is 1. The molecule has 0 N–H and O–H groups in total. The van der Waals surface area contributed by atoms with Gasteiger partial charge in [-0.3, -0.25) is 0 Å². The third-order valence-electron chi connectivity index (χ3n) is 1.95. The number of benzene rings is 1. The van der Waals surface area contributed by atoms with E-state index < -0.39 is 0 Å². The Morgan fingerprint density at radius 3 is 2.46 bits per heavy atom. The predicted octanol–water partition coefficient (Wildman–Crippen LogP) is 2.79. The Bertz CT molecular complexity index is 266. The molecule has 2 heteroatoms. The highest BCUT2D eigenvalue weighted by atomic mass is 32.2. The van der Waals surface area contributed by atoms with Gasteiger partial charge >= 0.3 is 0 Å². The van der Waals surface area contributed by atoms with Crippen LogP contribution in [-0.2, 0) is 11.2 Å². The average Bonchev–Trinajstić information content (AvgIpc) is 2.19. The smallest absolute Gasteiger partial charge is 0.123 e. The highest BCUT2D eigenvalue weighted by Crippen LogP contribution is 2.16. The fourth-order valence-corrected chi connectivity index (χ4v) is 1.59.